The lowest BCUT2D eigenvalue weighted by Crippen LogP contribution is -2.42. The molecule has 6 heteroatoms. The molecule has 0 radical (unpaired) electrons. The molecule has 0 aliphatic heterocycles. The van der Waals surface area contributed by atoms with Crippen molar-refractivity contribution in [3.63, 3.8) is 0 Å². The second-order valence-corrected chi connectivity index (χ2v) is 6.36. The number of pyridine rings is 1. The van der Waals surface area contributed by atoms with Crippen molar-refractivity contribution in [2.45, 2.75) is 13.3 Å². The van der Waals surface area contributed by atoms with Crippen LogP contribution in [0.1, 0.15) is 12.0 Å². The Kier molecular flexibility index (Phi) is 4.93. The maximum atomic E-state index is 10.6. The molecule has 0 bridgehead atoms. The number of benzene rings is 1. The van der Waals surface area contributed by atoms with E-state index in [0.29, 0.717) is 0 Å². The van der Waals surface area contributed by atoms with Gasteiger partial charge in [0.2, 0.25) is 12.4 Å². The lowest BCUT2D eigenvalue weighted by molar-refractivity contribution is -0.891. The molecule has 0 atom stereocenters. The van der Waals surface area contributed by atoms with Crippen molar-refractivity contribution in [1.29, 1.82) is 0 Å². The van der Waals surface area contributed by atoms with E-state index in [1.165, 1.54) is 10.3 Å². The molecule has 1 aromatic heterocycles. The molecule has 0 unspecified atom stereocenters. The Hall–Kier alpha value is -1.92. The van der Waals surface area contributed by atoms with E-state index in [1.807, 2.05) is 19.1 Å². The third-order valence-electron chi connectivity index (χ3n) is 2.97. The van der Waals surface area contributed by atoms with Crippen LogP contribution >= 0.6 is 0 Å². The van der Waals surface area contributed by atoms with Gasteiger partial charge in [0.1, 0.15) is 0 Å². The van der Waals surface area contributed by atoms with Gasteiger partial charge >= 0.3 is 0 Å². The molecule has 1 heterocycles. The average molecular weight is 308 g/mol. The lowest BCUT2D eigenvalue weighted by atomic mass is 10.1. The highest BCUT2D eigenvalue weighted by Crippen LogP contribution is 2.17. The summed E-state index contributed by atoms with van der Waals surface area (Å²) in [5.41, 5.74) is 3.42. The van der Waals surface area contributed by atoms with E-state index in [1.54, 1.807) is 12.4 Å². The van der Waals surface area contributed by atoms with Crippen molar-refractivity contribution in [1.82, 2.24) is 0 Å². The molecule has 0 saturated carbocycles. The van der Waals surface area contributed by atoms with Crippen molar-refractivity contribution in [3.8, 4) is 11.1 Å². The fourth-order valence-electron chi connectivity index (χ4n) is 1.85. The topological polar surface area (TPSA) is 67.5 Å². The highest BCUT2D eigenvalue weighted by atomic mass is 32.2. The summed E-state index contributed by atoms with van der Waals surface area (Å²) in [6.45, 7) is 2.26. The molecule has 0 amide bonds. The fraction of sp³-hybridized carbons (Fsp3) is 0.267. The van der Waals surface area contributed by atoms with Gasteiger partial charge in [0.05, 0.1) is 5.75 Å². The van der Waals surface area contributed by atoms with Crippen molar-refractivity contribution >= 4 is 10.1 Å². The predicted octanol–water partition coefficient (Wildman–Crippen LogP) is 1.66. The summed E-state index contributed by atoms with van der Waals surface area (Å²) < 4.78 is 31.2. The van der Waals surface area contributed by atoms with Gasteiger partial charge in [-0.25, -0.2) is 0 Å². The predicted molar refractivity (Wildman–Crippen MR) is 79.3 cm³/mol. The first-order chi connectivity index (χ1) is 9.94. The molecule has 1 N–H and O–H groups in total. The first-order valence-electron chi connectivity index (χ1n) is 6.61. The Labute approximate surface area is 124 Å². The minimum atomic E-state index is -3.91. The molecule has 0 fully saturated rings. The number of nitrogens with zero attached hydrogens (tertiary/aromatic N) is 1. The van der Waals surface area contributed by atoms with E-state index < -0.39 is 10.1 Å². The van der Waals surface area contributed by atoms with Gasteiger partial charge in [-0.3, -0.25) is 9.39 Å². The van der Waals surface area contributed by atoms with Crippen molar-refractivity contribution in [2.75, 3.05) is 12.4 Å². The molecule has 0 spiro atoms. The molecule has 1 aromatic carbocycles. The number of hydrogen-bond acceptors (Lipinski definition) is 3. The summed E-state index contributed by atoms with van der Waals surface area (Å²) in [6, 6.07) is 12.1. The molecule has 2 aromatic rings. The van der Waals surface area contributed by atoms with Gasteiger partial charge < -0.3 is 0 Å². The average Bonchev–Trinajstić information content (AvgIpc) is 2.44. The highest BCUT2D eigenvalue weighted by molar-refractivity contribution is 7.85. The Balaban J connectivity index is 1.91. The van der Waals surface area contributed by atoms with Crippen LogP contribution in [0.15, 0.2) is 48.8 Å². The molecular weight excluding hydrogens is 290 g/mol. The maximum Gasteiger partial charge on any atom is 0.264 e. The van der Waals surface area contributed by atoms with Crippen molar-refractivity contribution < 1.29 is 22.5 Å². The van der Waals surface area contributed by atoms with Crippen LogP contribution in [-0.4, -0.2) is 25.3 Å². The first kappa shape index (κ1) is 15.5. The Morgan fingerprint density at radius 2 is 1.62 bits per heavy atom. The molecule has 21 heavy (non-hydrogen) atoms. The monoisotopic (exact) mass is 308 g/mol. The lowest BCUT2D eigenvalue weighted by Gasteiger charge is -2.02. The molecule has 5 nitrogen and oxygen atoms in total. The Morgan fingerprint density at radius 3 is 2.19 bits per heavy atom. The van der Waals surface area contributed by atoms with E-state index in [9.17, 15) is 8.42 Å². The third-order valence-corrected chi connectivity index (χ3v) is 3.78. The van der Waals surface area contributed by atoms with E-state index in [0.717, 1.165) is 11.1 Å². The van der Waals surface area contributed by atoms with Gasteiger partial charge in [0.15, 0.2) is 6.61 Å². The van der Waals surface area contributed by atoms with Crippen molar-refractivity contribution in [2.24, 2.45) is 0 Å². The van der Waals surface area contributed by atoms with Crippen LogP contribution < -0.4 is 9.57 Å². The van der Waals surface area contributed by atoms with Gasteiger partial charge in [-0.15, -0.1) is 0 Å². The second kappa shape index (κ2) is 6.69. The number of aryl methyl sites for hydroxylation is 1. The van der Waals surface area contributed by atoms with Crippen LogP contribution in [0.5, 0.6) is 0 Å². The molecule has 0 aliphatic carbocycles. The maximum absolute atomic E-state index is 10.6. The third kappa shape index (κ3) is 5.17. The normalized spacial score (nSPS) is 11.3. The van der Waals surface area contributed by atoms with Gasteiger partial charge in [0.25, 0.3) is 10.1 Å². The molecular formula is C15H18NO4S+. The van der Waals surface area contributed by atoms with Crippen LogP contribution in [-0.2, 0) is 10.1 Å². The Morgan fingerprint density at radius 1 is 1.05 bits per heavy atom. The zero-order valence-electron chi connectivity index (χ0n) is 11.8. The smallest absolute Gasteiger partial charge is 0.264 e. The second-order valence-electron chi connectivity index (χ2n) is 4.79. The summed E-state index contributed by atoms with van der Waals surface area (Å²) >= 11 is 0. The largest absolute Gasteiger partial charge is 0.286 e. The molecule has 112 valence electrons. The number of aromatic nitrogens is 1. The van der Waals surface area contributed by atoms with Crippen molar-refractivity contribution in [3.05, 3.63) is 54.4 Å². The van der Waals surface area contributed by atoms with Gasteiger partial charge in [0, 0.05) is 23.3 Å². The van der Waals surface area contributed by atoms with Gasteiger partial charge in [-0.05, 0) is 18.1 Å². The van der Waals surface area contributed by atoms with Crippen LogP contribution in [0, 0.1) is 6.92 Å². The summed E-state index contributed by atoms with van der Waals surface area (Å²) in [5.74, 6) is -0.297. The van der Waals surface area contributed by atoms with E-state index in [4.69, 9.17) is 9.39 Å². The van der Waals surface area contributed by atoms with E-state index >= 15 is 0 Å². The molecule has 0 aliphatic rings. The minimum absolute atomic E-state index is 0.217. The Bertz CT molecular complexity index is 679. The van der Waals surface area contributed by atoms with Gasteiger partial charge in [-0.2, -0.15) is 8.42 Å². The van der Waals surface area contributed by atoms with Gasteiger partial charge in [-0.1, -0.05) is 29.8 Å². The number of rotatable bonds is 6. The summed E-state index contributed by atoms with van der Waals surface area (Å²) in [4.78, 5) is 5.35. The molecule has 0 saturated heterocycles. The van der Waals surface area contributed by atoms with Crippen LogP contribution in [0.4, 0.5) is 0 Å². The van der Waals surface area contributed by atoms with Crippen LogP contribution in [0.2, 0.25) is 0 Å². The van der Waals surface area contributed by atoms with E-state index in [-0.39, 0.29) is 18.8 Å². The quantitative estimate of drug-likeness (QED) is 0.500. The summed E-state index contributed by atoms with van der Waals surface area (Å²) in [6.07, 6.45) is 3.77. The van der Waals surface area contributed by atoms with E-state index in [2.05, 4.69) is 24.3 Å². The standard InChI is InChI=1S/C15H17NO4S/c1-13-3-5-14(6-4-13)15-7-9-16(10-8-15)20-11-2-12-21(17,18)19/h3-10H,2,11-12H2,1H3/p+1. The van der Waals surface area contributed by atoms with Crippen LogP contribution in [0.3, 0.4) is 0 Å². The minimum Gasteiger partial charge on any atom is -0.286 e. The van der Waals surface area contributed by atoms with Crippen LogP contribution in [0.25, 0.3) is 11.1 Å². The highest BCUT2D eigenvalue weighted by Gasteiger charge is 2.07. The first-order valence-corrected chi connectivity index (χ1v) is 8.22. The SMILES string of the molecule is Cc1ccc(-c2cc[n+](OCCCS(=O)(=O)O)cc2)cc1. The number of hydrogen-bond donors (Lipinski definition) is 1. The summed E-state index contributed by atoms with van der Waals surface area (Å²) in [5, 5.41) is 0. The zero-order valence-corrected chi connectivity index (χ0v) is 12.6. The fourth-order valence-corrected chi connectivity index (χ4v) is 2.33. The summed E-state index contributed by atoms with van der Waals surface area (Å²) in [7, 11) is -3.91. The molecule has 2 rings (SSSR count). The zero-order chi connectivity index (χ0) is 15.3.